The molecule has 5 nitrogen and oxygen atoms in total. The molecule has 2 unspecified atom stereocenters. The lowest BCUT2D eigenvalue weighted by atomic mass is 10.3. The first-order chi connectivity index (χ1) is 10.7. The second-order valence-corrected chi connectivity index (χ2v) is 6.04. The van der Waals surface area contributed by atoms with Gasteiger partial charge in [-0.2, -0.15) is 0 Å². The summed E-state index contributed by atoms with van der Waals surface area (Å²) in [6.07, 6.45) is 2.05. The number of amides is 1. The standard InChI is InChI=1S/C16H18N2O3S/c1-12(20-13-5-3-2-4-6-13)15(19)18-9-7-14(11-18)21-16-17-8-10-22-16/h2-6,8,10,12,14H,7,9,11H2,1H3. The Morgan fingerprint density at radius 1 is 1.41 bits per heavy atom. The van der Waals surface area contributed by atoms with Gasteiger partial charge in [0.2, 0.25) is 0 Å². The minimum absolute atomic E-state index is 0.00547. The molecule has 22 heavy (non-hydrogen) atoms. The molecule has 0 N–H and O–H groups in total. The van der Waals surface area contributed by atoms with E-state index in [0.29, 0.717) is 24.0 Å². The molecule has 1 amide bonds. The molecule has 6 heteroatoms. The lowest BCUT2D eigenvalue weighted by Crippen LogP contribution is -2.40. The van der Waals surface area contributed by atoms with E-state index < -0.39 is 6.10 Å². The van der Waals surface area contributed by atoms with E-state index in [2.05, 4.69) is 4.98 Å². The molecule has 1 aromatic heterocycles. The largest absolute Gasteiger partial charge is 0.481 e. The van der Waals surface area contributed by atoms with Crippen LogP contribution in [0.2, 0.25) is 0 Å². The molecular formula is C16H18N2O3S. The molecule has 2 aromatic rings. The van der Waals surface area contributed by atoms with Crippen molar-refractivity contribution in [2.45, 2.75) is 25.6 Å². The molecule has 1 aromatic carbocycles. The van der Waals surface area contributed by atoms with Gasteiger partial charge < -0.3 is 14.4 Å². The van der Waals surface area contributed by atoms with Gasteiger partial charge in [0, 0.05) is 24.5 Å². The van der Waals surface area contributed by atoms with Gasteiger partial charge in [-0.05, 0) is 19.1 Å². The Morgan fingerprint density at radius 2 is 2.23 bits per heavy atom. The molecule has 1 aliphatic rings. The van der Waals surface area contributed by atoms with E-state index in [1.165, 1.54) is 11.3 Å². The molecule has 2 heterocycles. The number of nitrogens with zero attached hydrogens (tertiary/aromatic N) is 2. The summed E-state index contributed by atoms with van der Waals surface area (Å²) < 4.78 is 11.5. The summed E-state index contributed by atoms with van der Waals surface area (Å²) in [6, 6.07) is 9.39. The van der Waals surface area contributed by atoms with Crippen molar-refractivity contribution in [2.75, 3.05) is 13.1 Å². The van der Waals surface area contributed by atoms with Crippen molar-refractivity contribution < 1.29 is 14.3 Å². The van der Waals surface area contributed by atoms with Gasteiger partial charge in [0.1, 0.15) is 11.9 Å². The van der Waals surface area contributed by atoms with Crippen LogP contribution in [0, 0.1) is 0 Å². The van der Waals surface area contributed by atoms with Crippen molar-refractivity contribution >= 4 is 17.2 Å². The molecule has 1 fully saturated rings. The SMILES string of the molecule is CC(Oc1ccccc1)C(=O)N1CCC(Oc2nccs2)C1. The Labute approximate surface area is 133 Å². The van der Waals surface area contributed by atoms with E-state index in [9.17, 15) is 4.79 Å². The zero-order chi connectivity index (χ0) is 15.4. The molecular weight excluding hydrogens is 300 g/mol. The number of rotatable bonds is 5. The van der Waals surface area contributed by atoms with Gasteiger partial charge in [-0.3, -0.25) is 4.79 Å². The highest BCUT2D eigenvalue weighted by Gasteiger charge is 2.31. The normalized spacial score (nSPS) is 19.0. The number of likely N-dealkylation sites (tertiary alicyclic amines) is 1. The van der Waals surface area contributed by atoms with Gasteiger partial charge in [0.15, 0.2) is 6.10 Å². The number of carbonyl (C=O) groups excluding carboxylic acids is 1. The predicted octanol–water partition coefficient (Wildman–Crippen LogP) is 2.59. The molecule has 2 atom stereocenters. The number of hydrogen-bond acceptors (Lipinski definition) is 5. The minimum Gasteiger partial charge on any atom is -0.481 e. The summed E-state index contributed by atoms with van der Waals surface area (Å²) >= 11 is 1.47. The highest BCUT2D eigenvalue weighted by Crippen LogP contribution is 2.21. The fourth-order valence-electron chi connectivity index (χ4n) is 2.45. The van der Waals surface area contributed by atoms with E-state index in [1.54, 1.807) is 18.0 Å². The monoisotopic (exact) mass is 318 g/mol. The third-order valence-electron chi connectivity index (χ3n) is 3.54. The maximum absolute atomic E-state index is 12.4. The average molecular weight is 318 g/mol. The number of aromatic nitrogens is 1. The smallest absolute Gasteiger partial charge is 0.273 e. The van der Waals surface area contributed by atoms with Crippen LogP contribution in [0.3, 0.4) is 0 Å². The average Bonchev–Trinajstić information content (AvgIpc) is 3.20. The second-order valence-electron chi connectivity index (χ2n) is 5.18. The van der Waals surface area contributed by atoms with Crippen LogP contribution in [-0.2, 0) is 4.79 Å². The summed E-state index contributed by atoms with van der Waals surface area (Å²) in [4.78, 5) is 18.3. The van der Waals surface area contributed by atoms with E-state index in [0.717, 1.165) is 6.42 Å². The quantitative estimate of drug-likeness (QED) is 0.850. The minimum atomic E-state index is -0.499. The molecule has 1 aliphatic heterocycles. The zero-order valence-electron chi connectivity index (χ0n) is 12.3. The summed E-state index contributed by atoms with van der Waals surface area (Å²) in [6.45, 7) is 3.06. The van der Waals surface area contributed by atoms with Gasteiger partial charge in [-0.15, -0.1) is 0 Å². The predicted molar refractivity (Wildman–Crippen MR) is 84.3 cm³/mol. The first kappa shape index (κ1) is 14.8. The van der Waals surface area contributed by atoms with E-state index in [1.807, 2.05) is 35.7 Å². The lowest BCUT2D eigenvalue weighted by molar-refractivity contribution is -0.137. The Balaban J connectivity index is 1.52. The fourth-order valence-corrected chi connectivity index (χ4v) is 3.00. The Bertz CT molecular complexity index is 603. The highest BCUT2D eigenvalue weighted by atomic mass is 32.1. The number of carbonyl (C=O) groups is 1. The third-order valence-corrected chi connectivity index (χ3v) is 4.20. The van der Waals surface area contributed by atoms with Crippen molar-refractivity contribution in [3.8, 4) is 10.9 Å². The first-order valence-corrected chi connectivity index (χ1v) is 8.17. The van der Waals surface area contributed by atoms with Crippen LogP contribution in [0.4, 0.5) is 0 Å². The Kier molecular flexibility index (Phi) is 4.58. The molecule has 0 aliphatic carbocycles. The van der Waals surface area contributed by atoms with Crippen LogP contribution in [0.15, 0.2) is 41.9 Å². The number of para-hydroxylation sites is 1. The molecule has 0 radical (unpaired) electrons. The third kappa shape index (κ3) is 3.57. The van der Waals surface area contributed by atoms with Gasteiger partial charge in [-0.1, -0.05) is 29.5 Å². The summed E-state index contributed by atoms with van der Waals surface area (Å²) in [5, 5.41) is 2.54. The molecule has 0 saturated carbocycles. The van der Waals surface area contributed by atoms with Crippen LogP contribution >= 0.6 is 11.3 Å². The summed E-state index contributed by atoms with van der Waals surface area (Å²) in [7, 11) is 0. The zero-order valence-corrected chi connectivity index (χ0v) is 13.2. The molecule has 1 saturated heterocycles. The van der Waals surface area contributed by atoms with Gasteiger partial charge in [0.25, 0.3) is 11.1 Å². The number of hydrogen-bond donors (Lipinski definition) is 0. The Morgan fingerprint density at radius 3 is 2.95 bits per heavy atom. The first-order valence-electron chi connectivity index (χ1n) is 7.29. The number of benzene rings is 1. The van der Waals surface area contributed by atoms with Gasteiger partial charge >= 0.3 is 0 Å². The van der Waals surface area contributed by atoms with E-state index in [4.69, 9.17) is 9.47 Å². The maximum atomic E-state index is 12.4. The van der Waals surface area contributed by atoms with Gasteiger partial charge in [0.05, 0.1) is 6.54 Å². The van der Waals surface area contributed by atoms with Crippen LogP contribution in [0.1, 0.15) is 13.3 Å². The summed E-state index contributed by atoms with van der Waals surface area (Å²) in [5.41, 5.74) is 0. The number of ether oxygens (including phenoxy) is 2. The van der Waals surface area contributed by atoms with Crippen LogP contribution in [-0.4, -0.2) is 41.1 Å². The van der Waals surface area contributed by atoms with Crippen LogP contribution in [0.5, 0.6) is 10.9 Å². The molecule has 0 spiro atoms. The second kappa shape index (κ2) is 6.79. The fraction of sp³-hybridized carbons (Fsp3) is 0.375. The van der Waals surface area contributed by atoms with Crippen molar-refractivity contribution in [1.82, 2.24) is 9.88 Å². The van der Waals surface area contributed by atoms with Crippen molar-refractivity contribution in [2.24, 2.45) is 0 Å². The molecule has 3 rings (SSSR count). The summed E-state index contributed by atoms with van der Waals surface area (Å²) in [5.74, 6) is 0.701. The van der Waals surface area contributed by atoms with Crippen molar-refractivity contribution in [1.29, 1.82) is 0 Å². The lowest BCUT2D eigenvalue weighted by Gasteiger charge is -2.21. The topological polar surface area (TPSA) is 51.7 Å². The van der Waals surface area contributed by atoms with Crippen LogP contribution in [0.25, 0.3) is 0 Å². The van der Waals surface area contributed by atoms with Crippen molar-refractivity contribution in [3.63, 3.8) is 0 Å². The Hall–Kier alpha value is -2.08. The van der Waals surface area contributed by atoms with Crippen molar-refractivity contribution in [3.05, 3.63) is 41.9 Å². The maximum Gasteiger partial charge on any atom is 0.273 e. The van der Waals surface area contributed by atoms with E-state index in [-0.39, 0.29) is 12.0 Å². The highest BCUT2D eigenvalue weighted by molar-refractivity contribution is 7.11. The van der Waals surface area contributed by atoms with Gasteiger partial charge in [-0.25, -0.2) is 4.98 Å². The number of thiazole rings is 1. The molecule has 0 bridgehead atoms. The van der Waals surface area contributed by atoms with E-state index >= 15 is 0 Å². The molecule has 116 valence electrons. The van der Waals surface area contributed by atoms with Crippen LogP contribution < -0.4 is 9.47 Å².